The van der Waals surface area contributed by atoms with Gasteiger partial charge in [0.25, 0.3) is 0 Å². The number of hydrogen-bond donors (Lipinski definition) is 0. The highest BCUT2D eigenvalue weighted by atomic mass is 16.5. The summed E-state index contributed by atoms with van der Waals surface area (Å²) in [6.45, 7) is 2.09. The Kier molecular flexibility index (Phi) is 3.52. The first-order chi connectivity index (χ1) is 6.36. The van der Waals surface area contributed by atoms with Crippen molar-refractivity contribution in [2.24, 2.45) is 0 Å². The summed E-state index contributed by atoms with van der Waals surface area (Å²) in [6, 6.07) is 3.29. The van der Waals surface area contributed by atoms with Gasteiger partial charge in [-0.15, -0.1) is 5.92 Å². The van der Waals surface area contributed by atoms with Gasteiger partial charge in [0.2, 0.25) is 0 Å². The second kappa shape index (κ2) is 4.94. The minimum atomic E-state index is 0.346. The Hall–Kier alpha value is -1.82. The molecule has 3 heteroatoms. The number of hydrogen-bond acceptors (Lipinski definition) is 3. The van der Waals surface area contributed by atoms with E-state index in [4.69, 9.17) is 4.74 Å². The highest BCUT2D eigenvalue weighted by Crippen LogP contribution is 2.07. The van der Waals surface area contributed by atoms with Crippen LogP contribution in [0.5, 0.6) is 5.75 Å². The Morgan fingerprint density at radius 3 is 3.00 bits per heavy atom. The van der Waals surface area contributed by atoms with Gasteiger partial charge in [0.15, 0.2) is 6.29 Å². The summed E-state index contributed by atoms with van der Waals surface area (Å²) in [6.07, 6.45) is 2.19. The van der Waals surface area contributed by atoms with Gasteiger partial charge in [-0.3, -0.25) is 4.79 Å². The van der Waals surface area contributed by atoms with Crippen molar-refractivity contribution in [1.29, 1.82) is 0 Å². The van der Waals surface area contributed by atoms with Crippen molar-refractivity contribution < 1.29 is 9.53 Å². The molecule has 0 aliphatic carbocycles. The summed E-state index contributed by atoms with van der Waals surface area (Å²) < 4.78 is 5.19. The molecule has 66 valence electrons. The lowest BCUT2D eigenvalue weighted by atomic mass is 10.4. The van der Waals surface area contributed by atoms with Crippen LogP contribution in [0.3, 0.4) is 0 Å². The first-order valence-corrected chi connectivity index (χ1v) is 3.80. The van der Waals surface area contributed by atoms with E-state index < -0.39 is 0 Å². The molecule has 0 radical (unpaired) electrons. The predicted octanol–water partition coefficient (Wildman–Crippen LogP) is 1.30. The fraction of sp³-hybridized carbons (Fsp3) is 0.200. The zero-order valence-electron chi connectivity index (χ0n) is 7.28. The van der Waals surface area contributed by atoms with Gasteiger partial charge in [0.1, 0.15) is 18.1 Å². The highest BCUT2D eigenvalue weighted by molar-refractivity contribution is 5.71. The van der Waals surface area contributed by atoms with E-state index in [2.05, 4.69) is 16.8 Å². The normalized spacial score (nSPS) is 8.38. The third kappa shape index (κ3) is 2.96. The second-order valence-electron chi connectivity index (χ2n) is 2.25. The second-order valence-corrected chi connectivity index (χ2v) is 2.25. The molecule has 0 N–H and O–H groups in total. The molecule has 0 aliphatic heterocycles. The standard InChI is InChI=1S/C10H9NO2/c1-2-3-6-13-10-5-4-9(8-12)11-7-10/h4-5,7-8H,6H2,1H3. The van der Waals surface area contributed by atoms with Crippen LogP contribution in [-0.2, 0) is 0 Å². The number of carbonyl (C=O) groups is 1. The molecular formula is C10H9NO2. The first kappa shape index (κ1) is 9.27. The van der Waals surface area contributed by atoms with Crippen molar-refractivity contribution in [3.8, 4) is 17.6 Å². The molecule has 3 nitrogen and oxygen atoms in total. The summed E-state index contributed by atoms with van der Waals surface area (Å²) >= 11 is 0. The van der Waals surface area contributed by atoms with Crippen LogP contribution < -0.4 is 4.74 Å². The van der Waals surface area contributed by atoms with E-state index in [1.807, 2.05) is 0 Å². The first-order valence-electron chi connectivity index (χ1n) is 3.80. The van der Waals surface area contributed by atoms with Gasteiger partial charge in [-0.2, -0.15) is 0 Å². The molecule has 1 aromatic rings. The van der Waals surface area contributed by atoms with Crippen molar-refractivity contribution in [3.05, 3.63) is 24.0 Å². The summed E-state index contributed by atoms with van der Waals surface area (Å²) in [5.74, 6) is 6.08. The Balaban J connectivity index is 2.57. The SMILES string of the molecule is CC#CCOc1ccc(C=O)nc1. The van der Waals surface area contributed by atoms with E-state index in [0.29, 0.717) is 24.3 Å². The fourth-order valence-corrected chi connectivity index (χ4v) is 0.738. The molecule has 0 amide bonds. The van der Waals surface area contributed by atoms with Gasteiger partial charge in [-0.25, -0.2) is 4.98 Å². The average Bonchev–Trinajstić information content (AvgIpc) is 2.19. The molecule has 0 aliphatic rings. The lowest BCUT2D eigenvalue weighted by Crippen LogP contribution is -1.95. The number of rotatable bonds is 3. The topological polar surface area (TPSA) is 39.2 Å². The van der Waals surface area contributed by atoms with Crippen LogP contribution in [0.4, 0.5) is 0 Å². The van der Waals surface area contributed by atoms with Crippen molar-refractivity contribution in [2.75, 3.05) is 6.61 Å². The van der Waals surface area contributed by atoms with Crippen molar-refractivity contribution >= 4 is 6.29 Å². The summed E-state index contributed by atoms with van der Waals surface area (Å²) in [5, 5.41) is 0. The number of aromatic nitrogens is 1. The lowest BCUT2D eigenvalue weighted by molar-refractivity contribution is 0.111. The zero-order valence-corrected chi connectivity index (χ0v) is 7.28. The quantitative estimate of drug-likeness (QED) is 0.513. The van der Waals surface area contributed by atoms with E-state index in [1.54, 1.807) is 19.1 Å². The summed E-state index contributed by atoms with van der Waals surface area (Å²) in [7, 11) is 0. The van der Waals surface area contributed by atoms with Crippen LogP contribution in [-0.4, -0.2) is 17.9 Å². The number of nitrogens with zero attached hydrogens (tertiary/aromatic N) is 1. The van der Waals surface area contributed by atoms with Crippen LogP contribution in [0.25, 0.3) is 0 Å². The Morgan fingerprint density at radius 1 is 1.62 bits per heavy atom. The van der Waals surface area contributed by atoms with Gasteiger partial charge in [0, 0.05) is 0 Å². The Labute approximate surface area is 76.8 Å². The maximum atomic E-state index is 10.3. The van der Waals surface area contributed by atoms with Crippen LogP contribution >= 0.6 is 0 Å². The number of aldehydes is 1. The van der Waals surface area contributed by atoms with E-state index in [9.17, 15) is 4.79 Å². The van der Waals surface area contributed by atoms with Gasteiger partial charge in [-0.1, -0.05) is 5.92 Å². The summed E-state index contributed by atoms with van der Waals surface area (Å²) in [4.78, 5) is 14.1. The van der Waals surface area contributed by atoms with Crippen LogP contribution in [0.15, 0.2) is 18.3 Å². The molecular weight excluding hydrogens is 166 g/mol. The number of ether oxygens (including phenoxy) is 1. The number of pyridine rings is 1. The molecule has 0 fully saturated rings. The largest absolute Gasteiger partial charge is 0.479 e. The van der Waals surface area contributed by atoms with E-state index in [-0.39, 0.29) is 0 Å². The van der Waals surface area contributed by atoms with Crippen molar-refractivity contribution in [2.45, 2.75) is 6.92 Å². The van der Waals surface area contributed by atoms with Crippen molar-refractivity contribution in [3.63, 3.8) is 0 Å². The molecule has 0 saturated heterocycles. The zero-order chi connectivity index (χ0) is 9.52. The predicted molar refractivity (Wildman–Crippen MR) is 48.6 cm³/mol. The number of carbonyl (C=O) groups excluding carboxylic acids is 1. The maximum Gasteiger partial charge on any atom is 0.168 e. The van der Waals surface area contributed by atoms with E-state index in [1.165, 1.54) is 6.20 Å². The van der Waals surface area contributed by atoms with Crippen molar-refractivity contribution in [1.82, 2.24) is 4.98 Å². The third-order valence-electron chi connectivity index (χ3n) is 1.37. The molecule has 0 atom stereocenters. The Bertz CT molecular complexity index is 332. The smallest absolute Gasteiger partial charge is 0.168 e. The van der Waals surface area contributed by atoms with Crippen LogP contribution in [0.2, 0.25) is 0 Å². The van der Waals surface area contributed by atoms with Crippen LogP contribution in [0.1, 0.15) is 17.4 Å². The van der Waals surface area contributed by atoms with E-state index in [0.717, 1.165) is 0 Å². The monoisotopic (exact) mass is 175 g/mol. The fourth-order valence-electron chi connectivity index (χ4n) is 0.738. The maximum absolute atomic E-state index is 10.3. The average molecular weight is 175 g/mol. The lowest BCUT2D eigenvalue weighted by Gasteiger charge is -1.99. The molecule has 1 heterocycles. The molecule has 13 heavy (non-hydrogen) atoms. The van der Waals surface area contributed by atoms with E-state index >= 15 is 0 Å². The summed E-state index contributed by atoms with van der Waals surface area (Å²) in [5.41, 5.74) is 0.397. The molecule has 0 saturated carbocycles. The minimum absolute atomic E-state index is 0.346. The third-order valence-corrected chi connectivity index (χ3v) is 1.37. The molecule has 0 aromatic carbocycles. The van der Waals surface area contributed by atoms with Gasteiger partial charge < -0.3 is 4.74 Å². The van der Waals surface area contributed by atoms with Gasteiger partial charge in [0.05, 0.1) is 6.20 Å². The molecule has 1 rings (SSSR count). The molecule has 0 spiro atoms. The molecule has 0 unspecified atom stereocenters. The van der Waals surface area contributed by atoms with Crippen LogP contribution in [0, 0.1) is 11.8 Å². The Morgan fingerprint density at radius 2 is 2.46 bits per heavy atom. The van der Waals surface area contributed by atoms with Gasteiger partial charge in [-0.05, 0) is 19.1 Å². The van der Waals surface area contributed by atoms with Gasteiger partial charge >= 0.3 is 0 Å². The minimum Gasteiger partial charge on any atom is -0.479 e. The molecule has 0 bridgehead atoms. The molecule has 1 aromatic heterocycles. The highest BCUT2D eigenvalue weighted by Gasteiger charge is 1.93.